The summed E-state index contributed by atoms with van der Waals surface area (Å²) >= 11 is 0. The van der Waals surface area contributed by atoms with E-state index < -0.39 is 23.5 Å². The molecule has 23 heavy (non-hydrogen) atoms. The summed E-state index contributed by atoms with van der Waals surface area (Å²) in [5, 5.41) is 10.3. The first-order valence-corrected chi connectivity index (χ1v) is 6.79. The number of nitrogens with zero attached hydrogens (tertiary/aromatic N) is 2. The first-order chi connectivity index (χ1) is 11.0. The molecule has 118 valence electrons. The molecular formula is C15H12N2O6. The third kappa shape index (κ3) is 2.54. The number of hydrogen-bond donors (Lipinski definition) is 1. The maximum absolute atomic E-state index is 11.9. The van der Waals surface area contributed by atoms with Gasteiger partial charge in [-0.1, -0.05) is 0 Å². The van der Waals surface area contributed by atoms with Gasteiger partial charge in [0, 0.05) is 37.7 Å². The van der Waals surface area contributed by atoms with Crippen molar-refractivity contribution in [2.75, 3.05) is 4.90 Å². The van der Waals surface area contributed by atoms with Gasteiger partial charge in [0.2, 0.25) is 23.3 Å². The van der Waals surface area contributed by atoms with Crippen LogP contribution in [0.3, 0.4) is 0 Å². The lowest BCUT2D eigenvalue weighted by molar-refractivity contribution is -0.132. The molecule has 1 saturated heterocycles. The second-order valence-corrected chi connectivity index (χ2v) is 4.87. The average Bonchev–Trinajstić information content (AvgIpc) is 3.01. The average molecular weight is 316 g/mol. The molecule has 0 aliphatic carbocycles. The first kappa shape index (κ1) is 14.8. The van der Waals surface area contributed by atoms with E-state index in [0.717, 1.165) is 11.8 Å². The Morgan fingerprint density at radius 3 is 2.61 bits per heavy atom. The Morgan fingerprint density at radius 1 is 1.35 bits per heavy atom. The molecule has 2 amide bonds. The minimum atomic E-state index is -0.723. The smallest absolute Gasteiger partial charge is 0.308 e. The Morgan fingerprint density at radius 2 is 2.04 bits per heavy atom. The van der Waals surface area contributed by atoms with Crippen LogP contribution in [0.4, 0.5) is 5.88 Å². The van der Waals surface area contributed by atoms with E-state index in [4.69, 9.17) is 9.15 Å². The zero-order chi connectivity index (χ0) is 16.6. The van der Waals surface area contributed by atoms with Crippen molar-refractivity contribution in [2.24, 2.45) is 0 Å². The van der Waals surface area contributed by atoms with E-state index in [-0.39, 0.29) is 30.2 Å². The molecule has 0 spiro atoms. The van der Waals surface area contributed by atoms with Crippen LogP contribution in [0, 0.1) is 0 Å². The highest BCUT2D eigenvalue weighted by Gasteiger charge is 2.38. The maximum atomic E-state index is 11.9. The van der Waals surface area contributed by atoms with Crippen molar-refractivity contribution in [2.45, 2.75) is 19.8 Å². The van der Waals surface area contributed by atoms with E-state index >= 15 is 0 Å². The maximum Gasteiger partial charge on any atom is 0.308 e. The molecule has 0 unspecified atom stereocenters. The van der Waals surface area contributed by atoms with Crippen molar-refractivity contribution in [1.29, 1.82) is 0 Å². The van der Waals surface area contributed by atoms with Crippen molar-refractivity contribution < 1.29 is 28.6 Å². The molecular weight excluding hydrogens is 304 g/mol. The molecule has 0 radical (unpaired) electrons. The summed E-state index contributed by atoms with van der Waals surface area (Å²) in [6.07, 6.45) is 3.02. The molecule has 0 saturated carbocycles. The summed E-state index contributed by atoms with van der Waals surface area (Å²) < 4.78 is 10.4. The van der Waals surface area contributed by atoms with Gasteiger partial charge in [0.05, 0.1) is 0 Å². The third-order valence-electron chi connectivity index (χ3n) is 3.25. The van der Waals surface area contributed by atoms with E-state index in [1.807, 2.05) is 0 Å². The van der Waals surface area contributed by atoms with Crippen LogP contribution in [0.15, 0.2) is 28.9 Å². The van der Waals surface area contributed by atoms with Gasteiger partial charge in [-0.25, -0.2) is 4.90 Å². The number of rotatable bonds is 3. The molecule has 1 N–H and O–H groups in total. The van der Waals surface area contributed by atoms with Crippen LogP contribution in [-0.4, -0.2) is 27.9 Å². The van der Waals surface area contributed by atoms with E-state index in [1.165, 1.54) is 12.4 Å². The second-order valence-electron chi connectivity index (χ2n) is 4.87. The fourth-order valence-electron chi connectivity index (χ4n) is 2.27. The minimum Gasteiger partial charge on any atom is -0.502 e. The number of aromatic hydroxyl groups is 1. The number of carbonyl (C=O) groups is 3. The van der Waals surface area contributed by atoms with Crippen LogP contribution in [-0.2, 0) is 14.4 Å². The predicted molar refractivity (Wildman–Crippen MR) is 76.6 cm³/mol. The van der Waals surface area contributed by atoms with Crippen molar-refractivity contribution in [3.63, 3.8) is 0 Å². The molecule has 1 aliphatic heterocycles. The van der Waals surface area contributed by atoms with Gasteiger partial charge in [0.15, 0.2) is 5.76 Å². The van der Waals surface area contributed by atoms with Gasteiger partial charge in [-0.2, -0.15) is 0 Å². The van der Waals surface area contributed by atoms with Crippen molar-refractivity contribution >= 4 is 23.7 Å². The second kappa shape index (κ2) is 5.56. The molecule has 3 heterocycles. The van der Waals surface area contributed by atoms with Gasteiger partial charge in [0.25, 0.3) is 5.88 Å². The number of furan rings is 1. The lowest BCUT2D eigenvalue weighted by Crippen LogP contribution is -2.28. The first-order valence-electron chi connectivity index (χ1n) is 6.79. The van der Waals surface area contributed by atoms with E-state index in [9.17, 15) is 19.5 Å². The monoisotopic (exact) mass is 316 g/mol. The van der Waals surface area contributed by atoms with Gasteiger partial charge in [-0.15, -0.1) is 0 Å². The van der Waals surface area contributed by atoms with Crippen molar-refractivity contribution in [3.8, 4) is 22.8 Å². The highest BCUT2D eigenvalue weighted by atomic mass is 16.6. The Hall–Kier alpha value is -3.16. The van der Waals surface area contributed by atoms with Crippen LogP contribution < -0.4 is 9.64 Å². The Bertz CT molecular complexity index is 780. The molecule has 8 nitrogen and oxygen atoms in total. The number of hydrogen-bond acceptors (Lipinski definition) is 7. The number of ether oxygens (including phenoxy) is 1. The summed E-state index contributed by atoms with van der Waals surface area (Å²) in [4.78, 5) is 39.7. The number of anilines is 1. The van der Waals surface area contributed by atoms with Gasteiger partial charge in [-0.3, -0.25) is 19.4 Å². The normalized spacial score (nSPS) is 14.4. The van der Waals surface area contributed by atoms with Crippen LogP contribution in [0.25, 0.3) is 11.3 Å². The van der Waals surface area contributed by atoms with Gasteiger partial charge in [-0.05, 0) is 12.1 Å². The van der Waals surface area contributed by atoms with Gasteiger partial charge in [0.1, 0.15) is 0 Å². The number of amides is 2. The molecule has 3 rings (SSSR count). The largest absolute Gasteiger partial charge is 0.502 e. The molecule has 8 heteroatoms. The number of pyridine rings is 1. The Labute approximate surface area is 130 Å². The molecule has 0 aromatic carbocycles. The Kier molecular flexibility index (Phi) is 3.57. The van der Waals surface area contributed by atoms with Crippen molar-refractivity contribution in [3.05, 3.63) is 24.5 Å². The summed E-state index contributed by atoms with van der Waals surface area (Å²) in [6, 6.07) is 3.23. The van der Waals surface area contributed by atoms with Crippen LogP contribution in [0.2, 0.25) is 0 Å². The molecule has 1 fully saturated rings. The SMILES string of the molecule is CC(=O)Oc1c(N2C(=O)CCC2=O)oc(-c2cccnc2)c1O. The molecule has 2 aromatic rings. The fraction of sp³-hybridized carbons (Fsp3) is 0.200. The number of carbonyl (C=O) groups excluding carboxylic acids is 3. The minimum absolute atomic E-state index is 0.0298. The molecule has 2 aromatic heterocycles. The summed E-state index contributed by atoms with van der Waals surface area (Å²) in [6.45, 7) is 1.13. The van der Waals surface area contributed by atoms with E-state index in [0.29, 0.717) is 5.56 Å². The summed E-state index contributed by atoms with van der Waals surface area (Å²) in [5.41, 5.74) is 0.406. The number of imide groups is 1. The summed E-state index contributed by atoms with van der Waals surface area (Å²) in [5.74, 6) is -2.89. The molecule has 0 atom stereocenters. The molecule has 0 bridgehead atoms. The summed E-state index contributed by atoms with van der Waals surface area (Å²) in [7, 11) is 0. The predicted octanol–water partition coefficient (Wildman–Crippen LogP) is 1.63. The lowest BCUT2D eigenvalue weighted by atomic mass is 10.2. The number of esters is 1. The zero-order valence-corrected chi connectivity index (χ0v) is 12.1. The van der Waals surface area contributed by atoms with Crippen LogP contribution in [0.5, 0.6) is 11.5 Å². The highest BCUT2D eigenvalue weighted by molar-refractivity contribution is 6.20. The standard InChI is InChI=1S/C15H12N2O6/c1-8(18)22-14-12(21)13(9-3-2-6-16-7-9)23-15(14)17-10(19)4-5-11(17)20/h2-3,6-7,21H,4-5H2,1H3. The lowest BCUT2D eigenvalue weighted by Gasteiger charge is -2.11. The van der Waals surface area contributed by atoms with Crippen LogP contribution in [0.1, 0.15) is 19.8 Å². The van der Waals surface area contributed by atoms with Gasteiger partial charge >= 0.3 is 5.97 Å². The van der Waals surface area contributed by atoms with Crippen LogP contribution >= 0.6 is 0 Å². The number of aromatic nitrogens is 1. The van der Waals surface area contributed by atoms with Gasteiger partial charge < -0.3 is 14.3 Å². The third-order valence-corrected chi connectivity index (χ3v) is 3.25. The molecule has 1 aliphatic rings. The fourth-order valence-corrected chi connectivity index (χ4v) is 2.27. The quantitative estimate of drug-likeness (QED) is 0.676. The van der Waals surface area contributed by atoms with E-state index in [2.05, 4.69) is 4.98 Å². The van der Waals surface area contributed by atoms with Crippen molar-refractivity contribution in [1.82, 2.24) is 4.98 Å². The van der Waals surface area contributed by atoms with E-state index in [1.54, 1.807) is 12.1 Å². The Balaban J connectivity index is 2.16. The topological polar surface area (TPSA) is 110 Å². The highest BCUT2D eigenvalue weighted by Crippen LogP contribution is 2.48. The zero-order valence-electron chi connectivity index (χ0n) is 12.1.